The van der Waals surface area contributed by atoms with Crippen molar-refractivity contribution in [2.24, 2.45) is 5.41 Å². The third kappa shape index (κ3) is 3.12. The van der Waals surface area contributed by atoms with Gasteiger partial charge in [0.05, 0.1) is 19.3 Å². The van der Waals surface area contributed by atoms with Gasteiger partial charge in [-0.1, -0.05) is 24.5 Å². The first-order valence-electron chi connectivity index (χ1n) is 7.14. The molecule has 1 saturated carbocycles. The van der Waals surface area contributed by atoms with Crippen LogP contribution < -0.4 is 10.1 Å². The maximum atomic E-state index is 12.3. The molecule has 1 aliphatic carbocycles. The lowest BCUT2D eigenvalue weighted by Crippen LogP contribution is -2.38. The molecule has 2 N–H and O–H groups in total. The Hall–Kier alpha value is -1.55. The lowest BCUT2D eigenvalue weighted by molar-refractivity contribution is 0.0878. The molecule has 0 spiro atoms. The summed E-state index contributed by atoms with van der Waals surface area (Å²) >= 11 is 0. The van der Waals surface area contributed by atoms with E-state index in [0.29, 0.717) is 17.9 Å². The van der Waals surface area contributed by atoms with E-state index in [1.807, 2.05) is 25.1 Å². The summed E-state index contributed by atoms with van der Waals surface area (Å²) in [5.74, 6) is 0.447. The summed E-state index contributed by atoms with van der Waals surface area (Å²) in [6.07, 6.45) is 4.22. The highest BCUT2D eigenvalue weighted by Crippen LogP contribution is 2.37. The zero-order valence-electron chi connectivity index (χ0n) is 12.2. The van der Waals surface area contributed by atoms with Crippen LogP contribution >= 0.6 is 0 Å². The van der Waals surface area contributed by atoms with Crippen LogP contribution in [-0.2, 0) is 0 Å². The largest absolute Gasteiger partial charge is 0.496 e. The molecule has 1 aliphatic rings. The molecule has 1 fully saturated rings. The molecule has 1 amide bonds. The van der Waals surface area contributed by atoms with Crippen molar-refractivity contribution in [3.05, 3.63) is 29.3 Å². The minimum atomic E-state index is -0.134. The van der Waals surface area contributed by atoms with Crippen molar-refractivity contribution >= 4 is 5.91 Å². The molecule has 0 aliphatic heterocycles. The average Bonchev–Trinajstić information content (AvgIpc) is 2.94. The molecule has 0 saturated heterocycles. The molecule has 1 aromatic carbocycles. The van der Waals surface area contributed by atoms with Crippen LogP contribution in [0.25, 0.3) is 0 Å². The van der Waals surface area contributed by atoms with Gasteiger partial charge in [-0.25, -0.2) is 0 Å². The van der Waals surface area contributed by atoms with Crippen molar-refractivity contribution in [2.75, 3.05) is 20.3 Å². The topological polar surface area (TPSA) is 58.6 Å². The van der Waals surface area contributed by atoms with E-state index in [1.165, 1.54) is 0 Å². The summed E-state index contributed by atoms with van der Waals surface area (Å²) in [4.78, 5) is 12.3. The first-order chi connectivity index (χ1) is 9.60. The molecule has 20 heavy (non-hydrogen) atoms. The fraction of sp³-hybridized carbons (Fsp3) is 0.562. The lowest BCUT2D eigenvalue weighted by atomic mass is 9.87. The number of hydrogen-bond donors (Lipinski definition) is 2. The molecule has 2 rings (SSSR count). The second-order valence-electron chi connectivity index (χ2n) is 5.75. The van der Waals surface area contributed by atoms with Crippen LogP contribution in [-0.4, -0.2) is 31.3 Å². The molecule has 110 valence electrons. The fourth-order valence-corrected chi connectivity index (χ4v) is 2.88. The average molecular weight is 277 g/mol. The monoisotopic (exact) mass is 277 g/mol. The number of nitrogens with one attached hydrogen (secondary N) is 1. The van der Waals surface area contributed by atoms with Crippen LogP contribution in [0.5, 0.6) is 5.75 Å². The van der Waals surface area contributed by atoms with Crippen LogP contribution in [0.3, 0.4) is 0 Å². The molecule has 0 bridgehead atoms. The smallest absolute Gasteiger partial charge is 0.255 e. The second-order valence-corrected chi connectivity index (χ2v) is 5.75. The molecule has 1 aromatic rings. The zero-order valence-corrected chi connectivity index (χ0v) is 12.2. The third-order valence-corrected chi connectivity index (χ3v) is 4.22. The first kappa shape index (κ1) is 14.9. The molecule has 0 heterocycles. The Balaban J connectivity index is 2.06. The van der Waals surface area contributed by atoms with Crippen molar-refractivity contribution < 1.29 is 14.6 Å². The Morgan fingerprint density at radius 1 is 1.40 bits per heavy atom. The van der Waals surface area contributed by atoms with Crippen LogP contribution in [0, 0.1) is 12.3 Å². The van der Waals surface area contributed by atoms with Crippen LogP contribution in [0.2, 0.25) is 0 Å². The second kappa shape index (κ2) is 6.27. The number of benzene rings is 1. The van der Waals surface area contributed by atoms with E-state index in [0.717, 1.165) is 31.2 Å². The van der Waals surface area contributed by atoms with Crippen molar-refractivity contribution in [1.82, 2.24) is 5.32 Å². The molecule has 0 aromatic heterocycles. The predicted molar refractivity (Wildman–Crippen MR) is 78.1 cm³/mol. The third-order valence-electron chi connectivity index (χ3n) is 4.22. The highest BCUT2D eigenvalue weighted by molar-refractivity contribution is 5.97. The number of carbonyl (C=O) groups excluding carboxylic acids is 1. The van der Waals surface area contributed by atoms with E-state index in [4.69, 9.17) is 4.74 Å². The predicted octanol–water partition coefficient (Wildman–Crippen LogP) is 2.29. The van der Waals surface area contributed by atoms with Gasteiger partial charge in [0.1, 0.15) is 5.75 Å². The van der Waals surface area contributed by atoms with E-state index in [1.54, 1.807) is 7.11 Å². The summed E-state index contributed by atoms with van der Waals surface area (Å²) in [5, 5.41) is 12.5. The Labute approximate surface area is 120 Å². The van der Waals surface area contributed by atoms with Gasteiger partial charge in [-0.2, -0.15) is 0 Å². The number of hydrogen-bond acceptors (Lipinski definition) is 3. The summed E-state index contributed by atoms with van der Waals surface area (Å²) in [6.45, 7) is 2.61. The van der Waals surface area contributed by atoms with Gasteiger partial charge in [0.2, 0.25) is 0 Å². The Morgan fingerprint density at radius 2 is 2.10 bits per heavy atom. The van der Waals surface area contributed by atoms with Crippen molar-refractivity contribution in [1.29, 1.82) is 0 Å². The van der Waals surface area contributed by atoms with Crippen molar-refractivity contribution in [3.8, 4) is 5.75 Å². The van der Waals surface area contributed by atoms with Crippen LogP contribution in [0.4, 0.5) is 0 Å². The maximum absolute atomic E-state index is 12.3. The molecule has 0 atom stereocenters. The minimum absolute atomic E-state index is 0.132. The summed E-state index contributed by atoms with van der Waals surface area (Å²) < 4.78 is 5.23. The fourth-order valence-electron chi connectivity index (χ4n) is 2.88. The minimum Gasteiger partial charge on any atom is -0.496 e. The van der Waals surface area contributed by atoms with E-state index in [9.17, 15) is 9.90 Å². The van der Waals surface area contributed by atoms with Gasteiger partial charge in [-0.3, -0.25) is 4.79 Å². The quantitative estimate of drug-likeness (QED) is 0.868. The van der Waals surface area contributed by atoms with Gasteiger partial charge in [0.25, 0.3) is 5.91 Å². The van der Waals surface area contributed by atoms with Crippen LogP contribution in [0.15, 0.2) is 18.2 Å². The van der Waals surface area contributed by atoms with Crippen molar-refractivity contribution in [3.63, 3.8) is 0 Å². The van der Waals surface area contributed by atoms with Gasteiger partial charge in [0.15, 0.2) is 0 Å². The number of carbonyl (C=O) groups is 1. The maximum Gasteiger partial charge on any atom is 0.255 e. The highest BCUT2D eigenvalue weighted by atomic mass is 16.5. The number of methoxy groups -OCH3 is 1. The standard InChI is InChI=1S/C16H23NO3/c1-12-5-6-14(20-2)13(9-12)15(19)17-10-16(11-18)7-3-4-8-16/h5-6,9,18H,3-4,7-8,10-11H2,1-2H3,(H,17,19). The molecule has 4 nitrogen and oxygen atoms in total. The summed E-state index contributed by atoms with van der Waals surface area (Å²) in [6, 6.07) is 5.55. The zero-order chi connectivity index (χ0) is 14.6. The number of aliphatic hydroxyl groups is 1. The van der Waals surface area contributed by atoms with Gasteiger partial charge >= 0.3 is 0 Å². The highest BCUT2D eigenvalue weighted by Gasteiger charge is 2.33. The molecule has 4 heteroatoms. The molecule has 0 radical (unpaired) electrons. The van der Waals surface area contributed by atoms with Crippen LogP contribution in [0.1, 0.15) is 41.6 Å². The van der Waals surface area contributed by atoms with Crippen molar-refractivity contribution in [2.45, 2.75) is 32.6 Å². The number of amides is 1. The normalized spacial score (nSPS) is 16.9. The Bertz CT molecular complexity index is 479. The SMILES string of the molecule is COc1ccc(C)cc1C(=O)NCC1(CO)CCCC1. The van der Waals surface area contributed by atoms with Gasteiger partial charge in [0, 0.05) is 12.0 Å². The number of aryl methyl sites for hydroxylation is 1. The molecular formula is C16H23NO3. The number of aliphatic hydroxyl groups excluding tert-OH is 1. The van der Waals surface area contributed by atoms with E-state index >= 15 is 0 Å². The van der Waals surface area contributed by atoms with E-state index in [-0.39, 0.29) is 17.9 Å². The number of ether oxygens (including phenoxy) is 1. The number of rotatable bonds is 5. The van der Waals surface area contributed by atoms with E-state index < -0.39 is 0 Å². The first-order valence-corrected chi connectivity index (χ1v) is 7.14. The summed E-state index contributed by atoms with van der Waals surface area (Å²) in [5.41, 5.74) is 1.44. The lowest BCUT2D eigenvalue weighted by Gasteiger charge is -2.26. The Morgan fingerprint density at radius 3 is 2.70 bits per heavy atom. The molecule has 0 unspecified atom stereocenters. The Kier molecular flexibility index (Phi) is 4.65. The molecular weight excluding hydrogens is 254 g/mol. The van der Waals surface area contributed by atoms with E-state index in [2.05, 4.69) is 5.32 Å². The van der Waals surface area contributed by atoms with Gasteiger partial charge in [-0.05, 0) is 31.9 Å². The van der Waals surface area contributed by atoms with Gasteiger partial charge in [-0.15, -0.1) is 0 Å². The summed E-state index contributed by atoms with van der Waals surface area (Å²) in [7, 11) is 1.56. The van der Waals surface area contributed by atoms with Gasteiger partial charge < -0.3 is 15.2 Å².